The molecular formula is C7H19O2PS4. The van der Waals surface area contributed by atoms with Crippen LogP contribution in [0.5, 0.6) is 0 Å². The Morgan fingerprint density at radius 2 is 1.64 bits per heavy atom. The molecule has 0 bridgehead atoms. The molecule has 0 aliphatic carbocycles. The Kier molecular flexibility index (Phi) is 16.3. The first-order valence-electron chi connectivity index (χ1n) is 4.33. The summed E-state index contributed by atoms with van der Waals surface area (Å²) in [6.45, 7) is 6.36. The van der Waals surface area contributed by atoms with Crippen LogP contribution in [0.25, 0.3) is 0 Å². The Morgan fingerprint density at radius 3 is 1.86 bits per heavy atom. The largest absolute Gasteiger partial charge is 0.338 e. The van der Waals surface area contributed by atoms with E-state index in [1.54, 1.807) is 11.8 Å². The summed E-state index contributed by atoms with van der Waals surface area (Å²) in [6.07, 6.45) is 0. The molecular weight excluding hydrogens is 275 g/mol. The molecule has 0 heterocycles. The molecule has 0 saturated carbocycles. The highest BCUT2D eigenvalue weighted by Crippen LogP contribution is 2.47. The lowest BCUT2D eigenvalue weighted by atomic mass is 11.0. The van der Waals surface area contributed by atoms with Crippen molar-refractivity contribution in [3.05, 3.63) is 0 Å². The molecule has 0 aromatic rings. The molecule has 0 amide bonds. The number of hydrogen-bond donors (Lipinski definition) is 2. The van der Waals surface area contributed by atoms with Crippen LogP contribution >= 0.6 is 41.5 Å². The molecule has 0 aliphatic heterocycles. The van der Waals surface area contributed by atoms with Crippen LogP contribution in [0.1, 0.15) is 20.8 Å². The van der Waals surface area contributed by atoms with Gasteiger partial charge < -0.3 is 9.42 Å². The van der Waals surface area contributed by atoms with E-state index in [1.165, 1.54) is 11.5 Å². The van der Waals surface area contributed by atoms with Gasteiger partial charge in [-0.1, -0.05) is 33.0 Å². The van der Waals surface area contributed by atoms with Gasteiger partial charge in [-0.15, -0.1) is 11.8 Å². The Labute approximate surface area is 106 Å². The van der Waals surface area contributed by atoms with Crippen molar-refractivity contribution in [2.75, 3.05) is 23.2 Å². The van der Waals surface area contributed by atoms with E-state index in [-0.39, 0.29) is 0 Å². The van der Waals surface area contributed by atoms with E-state index in [4.69, 9.17) is 9.42 Å². The van der Waals surface area contributed by atoms with Crippen LogP contribution in [0.4, 0.5) is 0 Å². The van der Waals surface area contributed by atoms with Gasteiger partial charge in [-0.25, -0.2) is 0 Å². The third-order valence-electron chi connectivity index (χ3n) is 0.917. The smallest absolute Gasteiger partial charge is 0.242 e. The van der Waals surface area contributed by atoms with Crippen molar-refractivity contribution in [3.8, 4) is 0 Å². The lowest BCUT2D eigenvalue weighted by Gasteiger charge is -2.06. The topological polar surface area (TPSA) is 29.5 Å². The van der Waals surface area contributed by atoms with Gasteiger partial charge in [0, 0.05) is 0 Å². The van der Waals surface area contributed by atoms with Crippen LogP contribution in [-0.2, 0) is 16.3 Å². The molecule has 0 saturated heterocycles. The second-order valence-corrected chi connectivity index (χ2v) is 9.96. The first-order chi connectivity index (χ1) is 6.47. The molecule has 0 radical (unpaired) electrons. The molecule has 88 valence electrons. The van der Waals surface area contributed by atoms with Crippen molar-refractivity contribution in [2.24, 2.45) is 0 Å². The molecule has 14 heavy (non-hydrogen) atoms. The molecule has 1 N–H and O–H groups in total. The lowest BCUT2D eigenvalue weighted by molar-refractivity contribution is 0.387. The lowest BCUT2D eigenvalue weighted by Crippen LogP contribution is -1.82. The highest BCUT2D eigenvalue weighted by Gasteiger charge is 2.03. The van der Waals surface area contributed by atoms with E-state index >= 15 is 0 Å². The summed E-state index contributed by atoms with van der Waals surface area (Å²) in [6, 6.07) is 0. The molecule has 0 aromatic heterocycles. The van der Waals surface area contributed by atoms with Gasteiger partial charge in [-0.3, -0.25) is 0 Å². The van der Waals surface area contributed by atoms with Gasteiger partial charge in [0.05, 0.1) is 0 Å². The summed E-state index contributed by atoms with van der Waals surface area (Å²) in [7, 11) is 0. The number of hydrogen-bond acceptors (Lipinski definition) is 4. The van der Waals surface area contributed by atoms with Crippen molar-refractivity contribution in [2.45, 2.75) is 20.8 Å². The van der Waals surface area contributed by atoms with Gasteiger partial charge in [0.15, 0.2) is 0 Å². The molecule has 1 unspecified atom stereocenters. The molecule has 0 aromatic carbocycles. The molecule has 0 spiro atoms. The van der Waals surface area contributed by atoms with Crippen LogP contribution in [0.15, 0.2) is 0 Å². The third-order valence-corrected chi connectivity index (χ3v) is 3.73. The molecule has 0 fully saturated rings. The highest BCUT2D eigenvalue weighted by molar-refractivity contribution is 8.59. The monoisotopic (exact) mass is 294 g/mol. The second kappa shape index (κ2) is 12.7. The quantitative estimate of drug-likeness (QED) is 0.338. The van der Waals surface area contributed by atoms with Crippen LogP contribution < -0.4 is 0 Å². The molecule has 2 nitrogen and oxygen atoms in total. The van der Waals surface area contributed by atoms with E-state index in [1.807, 2.05) is 18.7 Å². The van der Waals surface area contributed by atoms with Gasteiger partial charge >= 0.3 is 0 Å². The van der Waals surface area contributed by atoms with E-state index in [0.29, 0.717) is 5.94 Å². The molecule has 7 heteroatoms. The van der Waals surface area contributed by atoms with E-state index in [0.717, 1.165) is 5.75 Å². The predicted molar refractivity (Wildman–Crippen MR) is 78.2 cm³/mol. The summed E-state index contributed by atoms with van der Waals surface area (Å²) in [5.74, 6) is 3.92. The Balaban J connectivity index is 0. The third kappa shape index (κ3) is 23.4. The Bertz CT molecular complexity index is 149. The Hall–Kier alpha value is 1.62. The number of rotatable bonds is 6. The van der Waals surface area contributed by atoms with Crippen molar-refractivity contribution in [3.63, 3.8) is 0 Å². The van der Waals surface area contributed by atoms with Crippen molar-refractivity contribution < 1.29 is 9.42 Å². The second-order valence-electron chi connectivity index (χ2n) is 2.01. The van der Waals surface area contributed by atoms with Crippen LogP contribution in [0.2, 0.25) is 0 Å². The molecule has 1 atom stereocenters. The number of thioether (sulfide) groups is 2. The minimum Gasteiger partial charge on any atom is -0.338 e. The first kappa shape index (κ1) is 18.0. The van der Waals surface area contributed by atoms with Crippen LogP contribution in [0.3, 0.4) is 0 Å². The van der Waals surface area contributed by atoms with Gasteiger partial charge in [0.25, 0.3) is 0 Å². The standard InChI is InChI=1S/C4H10S.C3H9O2PS3/c1-3-5-4-2;1-2-9-3-5-6(4,7)8/h3-4H2,1-2H3;2-3H2,1H3,(H2,4,7,8). The average Bonchev–Trinajstić information content (AvgIpc) is 2.05. The van der Waals surface area contributed by atoms with Crippen LogP contribution in [-0.4, -0.2) is 28.1 Å². The zero-order valence-corrected chi connectivity index (χ0v) is 13.0. The highest BCUT2D eigenvalue weighted by atomic mass is 32.9. The maximum atomic E-state index is 8.80. The SMILES string of the molecule is CCSCC.CCSCOP(O)(=S)S. The minimum absolute atomic E-state index is 0.438. The van der Waals surface area contributed by atoms with E-state index in [2.05, 4.69) is 37.9 Å². The maximum absolute atomic E-state index is 8.80. The minimum atomic E-state index is -2.69. The maximum Gasteiger partial charge on any atom is 0.242 e. The van der Waals surface area contributed by atoms with Gasteiger partial charge in [0.2, 0.25) is 5.69 Å². The van der Waals surface area contributed by atoms with Gasteiger partial charge in [-0.2, -0.15) is 11.8 Å². The fraction of sp³-hybridized carbons (Fsp3) is 1.00. The van der Waals surface area contributed by atoms with E-state index < -0.39 is 5.69 Å². The first-order valence-corrected chi connectivity index (χ1v) is 10.5. The Morgan fingerprint density at radius 1 is 1.21 bits per heavy atom. The molecule has 0 rings (SSSR count). The van der Waals surface area contributed by atoms with E-state index in [9.17, 15) is 0 Å². The van der Waals surface area contributed by atoms with Crippen molar-refractivity contribution in [1.29, 1.82) is 0 Å². The fourth-order valence-electron chi connectivity index (χ4n) is 0.393. The van der Waals surface area contributed by atoms with Crippen molar-refractivity contribution in [1.82, 2.24) is 0 Å². The summed E-state index contributed by atoms with van der Waals surface area (Å²) in [5, 5.41) is 0. The van der Waals surface area contributed by atoms with Gasteiger partial charge in [0.1, 0.15) is 5.94 Å². The summed E-state index contributed by atoms with van der Waals surface area (Å²) in [4.78, 5) is 8.80. The summed E-state index contributed by atoms with van der Waals surface area (Å²) < 4.78 is 4.78. The number of thiol groups is 1. The van der Waals surface area contributed by atoms with Crippen molar-refractivity contribution >= 4 is 53.3 Å². The van der Waals surface area contributed by atoms with Crippen LogP contribution in [0, 0.1) is 0 Å². The predicted octanol–water partition coefficient (Wildman–Crippen LogP) is 3.62. The molecule has 0 aliphatic rings. The zero-order valence-electron chi connectivity index (χ0n) is 8.80. The zero-order chi connectivity index (χ0) is 11.4. The summed E-state index contributed by atoms with van der Waals surface area (Å²) >= 11 is 11.7. The average molecular weight is 294 g/mol. The summed E-state index contributed by atoms with van der Waals surface area (Å²) in [5.41, 5.74) is -2.69. The fourth-order valence-corrected chi connectivity index (χ4v) is 2.63. The normalized spacial score (nSPS) is 14.1. The van der Waals surface area contributed by atoms with Gasteiger partial charge in [-0.05, 0) is 29.1 Å².